The lowest BCUT2D eigenvalue weighted by Gasteiger charge is -2.30. The highest BCUT2D eigenvalue weighted by molar-refractivity contribution is 5.87. The summed E-state index contributed by atoms with van der Waals surface area (Å²) in [6.45, 7) is 7.90. The van der Waals surface area contributed by atoms with Crippen molar-refractivity contribution in [3.8, 4) is 33.6 Å². The molecule has 2 aromatic heterocycles. The molecule has 3 heterocycles. The summed E-state index contributed by atoms with van der Waals surface area (Å²) in [5, 5.41) is 8.16. The second-order valence-corrected chi connectivity index (χ2v) is 14.0. The Morgan fingerprint density at radius 2 is 1.20 bits per heavy atom. The standard InChI is InChI=1S/C40H52N8O8/c1-22(2)32(45-37(49)33(23(3)53-5)46-39(51)55-7)36-42-21-30(44-36)28-17-13-26(14-18-28)25-11-15-27(16-12-25)29-20-41-35(43-29)31-10-9-19-48(31)38(50)34(24(4)54-6)47-40(52)56-8/h11-18,20-24,31-34H,9-10,19H2,1-8H3,(H,41,43)(H,42,44)(H,45,49)(H,46,51)(H,47,52)/t23-,24-,31+,32+,33+,34?/m1/s1. The van der Waals surface area contributed by atoms with Crippen LogP contribution in [-0.4, -0.2) is 108 Å². The molecule has 16 heteroatoms. The fourth-order valence-electron chi connectivity index (χ4n) is 6.69. The van der Waals surface area contributed by atoms with E-state index in [2.05, 4.69) is 35.9 Å². The molecule has 16 nitrogen and oxygen atoms in total. The number of nitrogens with one attached hydrogen (secondary N) is 5. The molecule has 1 unspecified atom stereocenters. The first-order chi connectivity index (χ1) is 26.9. The van der Waals surface area contributed by atoms with Crippen LogP contribution in [0.3, 0.4) is 0 Å². The number of benzene rings is 2. The maximum atomic E-state index is 13.6. The predicted octanol–water partition coefficient (Wildman–Crippen LogP) is 5.13. The molecule has 1 aliphatic heterocycles. The molecule has 56 heavy (non-hydrogen) atoms. The van der Waals surface area contributed by atoms with Crippen molar-refractivity contribution in [2.45, 2.75) is 76.9 Å². The van der Waals surface area contributed by atoms with Crippen molar-refractivity contribution in [1.82, 2.24) is 40.8 Å². The zero-order chi connectivity index (χ0) is 40.5. The highest BCUT2D eigenvalue weighted by Gasteiger charge is 2.39. The van der Waals surface area contributed by atoms with Crippen molar-refractivity contribution < 1.29 is 38.1 Å². The van der Waals surface area contributed by atoms with E-state index in [-0.39, 0.29) is 17.9 Å². The van der Waals surface area contributed by atoms with Gasteiger partial charge in [0, 0.05) is 20.8 Å². The summed E-state index contributed by atoms with van der Waals surface area (Å²) in [5.74, 6) is 0.565. The van der Waals surface area contributed by atoms with Gasteiger partial charge >= 0.3 is 12.2 Å². The molecule has 6 atom stereocenters. The van der Waals surface area contributed by atoms with Gasteiger partial charge in [0.15, 0.2) is 0 Å². The summed E-state index contributed by atoms with van der Waals surface area (Å²) in [7, 11) is 5.44. The smallest absolute Gasteiger partial charge is 0.407 e. The number of amides is 4. The van der Waals surface area contributed by atoms with E-state index < -0.39 is 48.4 Å². The van der Waals surface area contributed by atoms with Gasteiger partial charge in [0.1, 0.15) is 23.7 Å². The average Bonchev–Trinajstić information content (AvgIpc) is 4.02. The lowest BCUT2D eigenvalue weighted by Crippen LogP contribution is -2.54. The van der Waals surface area contributed by atoms with Gasteiger partial charge in [0.05, 0.1) is 62.3 Å². The second kappa shape index (κ2) is 18.7. The largest absolute Gasteiger partial charge is 0.453 e. The number of likely N-dealkylation sites (tertiary alicyclic amines) is 1. The number of H-pyrrole nitrogens is 2. The first-order valence-corrected chi connectivity index (χ1v) is 18.5. The minimum absolute atomic E-state index is 0.0190. The van der Waals surface area contributed by atoms with Crippen LogP contribution in [0.25, 0.3) is 33.6 Å². The topological polar surface area (TPSA) is 202 Å². The third-order valence-corrected chi connectivity index (χ3v) is 10.2. The Morgan fingerprint density at radius 1 is 0.696 bits per heavy atom. The van der Waals surface area contributed by atoms with Crippen molar-refractivity contribution in [3.63, 3.8) is 0 Å². The quantitative estimate of drug-likeness (QED) is 0.108. The molecule has 300 valence electrons. The molecule has 1 saturated heterocycles. The number of hydrogen-bond acceptors (Lipinski definition) is 10. The molecule has 1 aliphatic rings. The monoisotopic (exact) mass is 772 g/mol. The number of carbonyl (C=O) groups excluding carboxylic acids is 4. The molecule has 4 amide bonds. The summed E-state index contributed by atoms with van der Waals surface area (Å²) >= 11 is 0. The summed E-state index contributed by atoms with van der Waals surface area (Å²) in [5.41, 5.74) is 5.53. The second-order valence-electron chi connectivity index (χ2n) is 14.0. The Morgan fingerprint density at radius 3 is 1.73 bits per heavy atom. The number of carbonyl (C=O) groups is 4. The molecular formula is C40H52N8O8. The summed E-state index contributed by atoms with van der Waals surface area (Å²) in [6, 6.07) is 13.6. The number of ether oxygens (including phenoxy) is 4. The lowest BCUT2D eigenvalue weighted by molar-refractivity contribution is -0.137. The number of nitrogens with zero attached hydrogens (tertiary/aromatic N) is 3. The molecule has 0 aliphatic carbocycles. The number of rotatable bonds is 15. The van der Waals surface area contributed by atoms with Gasteiger partial charge in [-0.3, -0.25) is 9.59 Å². The third kappa shape index (κ3) is 9.55. The van der Waals surface area contributed by atoms with E-state index in [4.69, 9.17) is 18.9 Å². The normalized spacial score (nSPS) is 16.7. The van der Waals surface area contributed by atoms with Crippen LogP contribution in [0.4, 0.5) is 9.59 Å². The maximum Gasteiger partial charge on any atom is 0.407 e. The van der Waals surface area contributed by atoms with Gasteiger partial charge in [-0.2, -0.15) is 0 Å². The Hall–Kier alpha value is -5.74. The van der Waals surface area contributed by atoms with E-state index in [0.717, 1.165) is 46.5 Å². The number of methoxy groups -OCH3 is 4. The molecular weight excluding hydrogens is 720 g/mol. The minimum Gasteiger partial charge on any atom is -0.453 e. The Labute approximate surface area is 326 Å². The van der Waals surface area contributed by atoms with Crippen molar-refractivity contribution in [2.24, 2.45) is 5.92 Å². The van der Waals surface area contributed by atoms with E-state index in [1.165, 1.54) is 28.4 Å². The van der Waals surface area contributed by atoms with Crippen molar-refractivity contribution >= 4 is 24.0 Å². The van der Waals surface area contributed by atoms with Crippen molar-refractivity contribution in [2.75, 3.05) is 35.0 Å². The van der Waals surface area contributed by atoms with Gasteiger partial charge in [-0.1, -0.05) is 62.4 Å². The molecule has 0 spiro atoms. The molecule has 5 rings (SSSR count). The zero-order valence-corrected chi connectivity index (χ0v) is 33.0. The molecule has 0 saturated carbocycles. The molecule has 0 bridgehead atoms. The van der Waals surface area contributed by atoms with Crippen LogP contribution in [0.15, 0.2) is 60.9 Å². The van der Waals surface area contributed by atoms with E-state index in [0.29, 0.717) is 18.2 Å². The Bertz CT molecular complexity index is 1860. The number of alkyl carbamates (subject to hydrolysis) is 2. The van der Waals surface area contributed by atoms with Crippen LogP contribution < -0.4 is 16.0 Å². The van der Waals surface area contributed by atoms with Crippen LogP contribution in [0, 0.1) is 5.92 Å². The lowest BCUT2D eigenvalue weighted by atomic mass is 10.0. The van der Waals surface area contributed by atoms with Gasteiger partial charge in [-0.25, -0.2) is 19.6 Å². The number of hydrogen-bond donors (Lipinski definition) is 5. The van der Waals surface area contributed by atoms with Gasteiger partial charge < -0.3 is 49.8 Å². The highest BCUT2D eigenvalue weighted by Crippen LogP contribution is 2.33. The van der Waals surface area contributed by atoms with Gasteiger partial charge in [-0.15, -0.1) is 0 Å². The SMILES string of the molecule is COC(=O)NC(C(=O)N1CCC[C@H]1c1ncc(-c2ccc(-c3ccc(-c4cnc([C@@H](NC(=O)[C@@H](NC(=O)OC)[C@@H](C)OC)C(C)C)[nH]4)cc3)cc2)[nH]1)[C@@H](C)OC. The number of aromatic nitrogens is 4. The summed E-state index contributed by atoms with van der Waals surface area (Å²) in [4.78, 5) is 68.5. The molecule has 1 fully saturated rings. The van der Waals surface area contributed by atoms with Crippen LogP contribution in [0.1, 0.15) is 64.3 Å². The maximum absolute atomic E-state index is 13.6. The molecule has 0 radical (unpaired) electrons. The minimum atomic E-state index is -0.968. The number of imidazole rings is 2. The van der Waals surface area contributed by atoms with E-state index in [1.54, 1.807) is 31.1 Å². The first-order valence-electron chi connectivity index (χ1n) is 18.5. The summed E-state index contributed by atoms with van der Waals surface area (Å²) < 4.78 is 20.1. The highest BCUT2D eigenvalue weighted by atomic mass is 16.5. The average molecular weight is 773 g/mol. The fourth-order valence-corrected chi connectivity index (χ4v) is 6.69. The number of aromatic amines is 2. The Balaban J connectivity index is 1.25. The van der Waals surface area contributed by atoms with Crippen LogP contribution in [-0.2, 0) is 28.5 Å². The van der Waals surface area contributed by atoms with E-state index in [9.17, 15) is 19.2 Å². The summed E-state index contributed by atoms with van der Waals surface area (Å²) in [6.07, 6.45) is 2.46. The molecule has 2 aromatic carbocycles. The van der Waals surface area contributed by atoms with E-state index in [1.807, 2.05) is 62.4 Å². The zero-order valence-electron chi connectivity index (χ0n) is 33.0. The van der Waals surface area contributed by atoms with Gasteiger partial charge in [0.2, 0.25) is 11.8 Å². The van der Waals surface area contributed by atoms with Gasteiger partial charge in [-0.05, 0) is 54.9 Å². The third-order valence-electron chi connectivity index (χ3n) is 10.2. The van der Waals surface area contributed by atoms with Crippen molar-refractivity contribution in [1.29, 1.82) is 0 Å². The van der Waals surface area contributed by atoms with Gasteiger partial charge in [0.25, 0.3) is 0 Å². The van der Waals surface area contributed by atoms with Crippen LogP contribution in [0.2, 0.25) is 0 Å². The molecule has 5 N–H and O–H groups in total. The van der Waals surface area contributed by atoms with Crippen molar-refractivity contribution in [3.05, 3.63) is 72.6 Å². The van der Waals surface area contributed by atoms with Crippen LogP contribution >= 0.6 is 0 Å². The fraction of sp³-hybridized carbons (Fsp3) is 0.450. The predicted molar refractivity (Wildman–Crippen MR) is 208 cm³/mol. The molecule has 4 aromatic rings. The Kier molecular flexibility index (Phi) is 13.9. The van der Waals surface area contributed by atoms with E-state index >= 15 is 0 Å². The van der Waals surface area contributed by atoms with Crippen LogP contribution in [0.5, 0.6) is 0 Å². The first kappa shape index (κ1) is 41.4.